The molecule has 0 spiro atoms. The van der Waals surface area contributed by atoms with Crippen LogP contribution in [0.25, 0.3) is 0 Å². The zero-order valence-corrected chi connectivity index (χ0v) is 15.5. The highest BCUT2D eigenvalue weighted by molar-refractivity contribution is 6.53. The summed E-state index contributed by atoms with van der Waals surface area (Å²) in [6.45, 7) is 4.10. The summed E-state index contributed by atoms with van der Waals surface area (Å²) in [7, 11) is 0. The second-order valence-electron chi connectivity index (χ2n) is 6.13. The summed E-state index contributed by atoms with van der Waals surface area (Å²) in [5, 5.41) is 2.41. The third kappa shape index (κ3) is 3.32. The van der Waals surface area contributed by atoms with Crippen LogP contribution in [0.3, 0.4) is 0 Å². The number of benzene rings is 2. The summed E-state index contributed by atoms with van der Waals surface area (Å²) in [6.07, 6.45) is 0. The topological polar surface area (TPSA) is 49.4 Å². The van der Waals surface area contributed by atoms with Crippen LogP contribution in [0.5, 0.6) is 0 Å². The summed E-state index contributed by atoms with van der Waals surface area (Å²) in [5.74, 6) is -1.46. The standard InChI is InChI=1S/C19H15Cl2FN2O2/c1-10(2)11-3-6-13(7-4-11)24-18(25)16(21)17(19(24)26)23-12-5-8-15(22)14(20)9-12/h3-10,23H,1-2H3. The Bertz CT molecular complexity index is 924. The molecule has 0 radical (unpaired) electrons. The van der Waals surface area contributed by atoms with Crippen LogP contribution in [-0.2, 0) is 9.59 Å². The van der Waals surface area contributed by atoms with Gasteiger partial charge in [0, 0.05) is 5.69 Å². The van der Waals surface area contributed by atoms with Crippen molar-refractivity contribution in [1.29, 1.82) is 0 Å². The van der Waals surface area contributed by atoms with Gasteiger partial charge in [-0.3, -0.25) is 9.59 Å². The molecule has 1 heterocycles. The number of imide groups is 1. The molecular weight excluding hydrogens is 378 g/mol. The smallest absolute Gasteiger partial charge is 0.283 e. The van der Waals surface area contributed by atoms with E-state index in [9.17, 15) is 14.0 Å². The molecule has 0 unspecified atom stereocenters. The Balaban J connectivity index is 1.88. The van der Waals surface area contributed by atoms with Gasteiger partial charge in [0.25, 0.3) is 11.8 Å². The molecule has 1 aliphatic heterocycles. The van der Waals surface area contributed by atoms with Crippen LogP contribution >= 0.6 is 23.2 Å². The number of rotatable bonds is 4. The van der Waals surface area contributed by atoms with E-state index in [1.165, 1.54) is 12.1 Å². The summed E-state index contributed by atoms with van der Waals surface area (Å²) in [6, 6.07) is 11.0. The lowest BCUT2D eigenvalue weighted by Gasteiger charge is -2.16. The number of anilines is 2. The Morgan fingerprint density at radius 2 is 1.65 bits per heavy atom. The van der Waals surface area contributed by atoms with E-state index in [1.807, 2.05) is 12.1 Å². The van der Waals surface area contributed by atoms with Crippen molar-refractivity contribution in [2.75, 3.05) is 10.2 Å². The SMILES string of the molecule is CC(C)c1ccc(N2C(=O)C(Cl)=C(Nc3ccc(F)c(Cl)c3)C2=O)cc1. The molecule has 2 aromatic rings. The van der Waals surface area contributed by atoms with Gasteiger partial charge < -0.3 is 5.32 Å². The van der Waals surface area contributed by atoms with Crippen molar-refractivity contribution in [1.82, 2.24) is 0 Å². The van der Waals surface area contributed by atoms with Crippen molar-refractivity contribution in [2.24, 2.45) is 0 Å². The maximum atomic E-state index is 13.3. The maximum Gasteiger partial charge on any atom is 0.283 e. The fourth-order valence-electron chi connectivity index (χ4n) is 2.57. The largest absolute Gasteiger partial charge is 0.350 e. The highest BCUT2D eigenvalue weighted by Crippen LogP contribution is 2.31. The third-order valence-corrected chi connectivity index (χ3v) is 4.67. The molecule has 0 atom stereocenters. The molecule has 7 heteroatoms. The van der Waals surface area contributed by atoms with E-state index in [4.69, 9.17) is 23.2 Å². The highest BCUT2D eigenvalue weighted by Gasteiger charge is 2.39. The molecule has 0 aromatic heterocycles. The average Bonchev–Trinajstić information content (AvgIpc) is 2.82. The van der Waals surface area contributed by atoms with Gasteiger partial charge in [-0.2, -0.15) is 0 Å². The number of carbonyl (C=O) groups is 2. The van der Waals surface area contributed by atoms with Crippen molar-refractivity contribution < 1.29 is 14.0 Å². The molecule has 0 aliphatic carbocycles. The van der Waals surface area contributed by atoms with E-state index in [-0.39, 0.29) is 15.8 Å². The number of nitrogens with one attached hydrogen (secondary N) is 1. The number of hydrogen-bond acceptors (Lipinski definition) is 3. The Morgan fingerprint density at radius 1 is 1.00 bits per heavy atom. The van der Waals surface area contributed by atoms with Gasteiger partial charge in [0.05, 0.1) is 10.7 Å². The van der Waals surface area contributed by atoms with Crippen molar-refractivity contribution in [2.45, 2.75) is 19.8 Å². The minimum atomic E-state index is -0.621. The molecule has 4 nitrogen and oxygen atoms in total. The lowest BCUT2D eigenvalue weighted by atomic mass is 10.0. The molecular formula is C19H15Cl2FN2O2. The normalized spacial score (nSPS) is 14.6. The van der Waals surface area contributed by atoms with E-state index in [0.29, 0.717) is 17.3 Å². The van der Waals surface area contributed by atoms with Crippen LogP contribution in [0.15, 0.2) is 53.2 Å². The summed E-state index contributed by atoms with van der Waals surface area (Å²) >= 11 is 11.8. The molecule has 1 aliphatic rings. The van der Waals surface area contributed by atoms with Crippen LogP contribution in [0.1, 0.15) is 25.3 Å². The molecule has 1 N–H and O–H groups in total. The van der Waals surface area contributed by atoms with Crippen molar-refractivity contribution >= 4 is 46.4 Å². The van der Waals surface area contributed by atoms with Gasteiger partial charge in [0.2, 0.25) is 0 Å². The van der Waals surface area contributed by atoms with Gasteiger partial charge in [-0.15, -0.1) is 0 Å². The summed E-state index contributed by atoms with van der Waals surface area (Å²) < 4.78 is 13.3. The number of hydrogen-bond donors (Lipinski definition) is 1. The first-order chi connectivity index (χ1) is 12.3. The summed E-state index contributed by atoms with van der Waals surface area (Å²) in [4.78, 5) is 26.1. The molecule has 2 aromatic carbocycles. The van der Waals surface area contributed by atoms with Crippen molar-refractivity contribution in [3.8, 4) is 0 Å². The molecule has 0 bridgehead atoms. The van der Waals surface area contributed by atoms with E-state index >= 15 is 0 Å². The van der Waals surface area contributed by atoms with Gasteiger partial charge in [0.1, 0.15) is 16.5 Å². The van der Waals surface area contributed by atoms with Gasteiger partial charge in [0.15, 0.2) is 0 Å². The Labute approximate surface area is 160 Å². The average molecular weight is 393 g/mol. The maximum absolute atomic E-state index is 13.3. The monoisotopic (exact) mass is 392 g/mol. The van der Waals surface area contributed by atoms with E-state index in [2.05, 4.69) is 19.2 Å². The summed E-state index contributed by atoms with van der Waals surface area (Å²) in [5.41, 5.74) is 1.79. The zero-order chi connectivity index (χ0) is 19.0. The highest BCUT2D eigenvalue weighted by atomic mass is 35.5. The minimum absolute atomic E-state index is 0.0766. The minimum Gasteiger partial charge on any atom is -0.350 e. The first kappa shape index (κ1) is 18.4. The van der Waals surface area contributed by atoms with Crippen LogP contribution in [0.4, 0.5) is 15.8 Å². The predicted molar refractivity (Wildman–Crippen MR) is 101 cm³/mol. The first-order valence-electron chi connectivity index (χ1n) is 7.90. The van der Waals surface area contributed by atoms with Crippen molar-refractivity contribution in [3.05, 3.63) is 69.6 Å². The zero-order valence-electron chi connectivity index (χ0n) is 14.0. The Morgan fingerprint density at radius 3 is 2.23 bits per heavy atom. The first-order valence-corrected chi connectivity index (χ1v) is 8.65. The molecule has 134 valence electrons. The molecule has 0 saturated heterocycles. The molecule has 2 amide bonds. The second-order valence-corrected chi connectivity index (χ2v) is 6.92. The fraction of sp³-hybridized carbons (Fsp3) is 0.158. The van der Waals surface area contributed by atoms with Gasteiger partial charge in [-0.25, -0.2) is 9.29 Å². The quantitative estimate of drug-likeness (QED) is 0.741. The molecule has 3 rings (SSSR count). The van der Waals surface area contributed by atoms with E-state index < -0.39 is 17.6 Å². The predicted octanol–water partition coefficient (Wildman–Crippen LogP) is 5.04. The lowest BCUT2D eigenvalue weighted by Crippen LogP contribution is -2.32. The Kier molecular flexibility index (Phi) is 5.03. The van der Waals surface area contributed by atoms with Gasteiger partial charge in [-0.1, -0.05) is 49.2 Å². The number of amides is 2. The molecule has 0 fully saturated rings. The van der Waals surface area contributed by atoms with Crippen LogP contribution in [-0.4, -0.2) is 11.8 Å². The lowest BCUT2D eigenvalue weighted by molar-refractivity contribution is -0.120. The van der Waals surface area contributed by atoms with Crippen molar-refractivity contribution in [3.63, 3.8) is 0 Å². The molecule has 26 heavy (non-hydrogen) atoms. The van der Waals surface area contributed by atoms with E-state index in [1.54, 1.807) is 12.1 Å². The fourth-order valence-corrected chi connectivity index (χ4v) is 2.97. The Hall–Kier alpha value is -2.37. The van der Waals surface area contributed by atoms with Gasteiger partial charge in [-0.05, 0) is 41.8 Å². The molecule has 0 saturated carbocycles. The van der Waals surface area contributed by atoms with Crippen LogP contribution in [0.2, 0.25) is 5.02 Å². The number of nitrogens with zero attached hydrogens (tertiary/aromatic N) is 1. The van der Waals surface area contributed by atoms with Gasteiger partial charge >= 0.3 is 0 Å². The number of halogens is 3. The van der Waals surface area contributed by atoms with E-state index in [0.717, 1.165) is 16.5 Å². The third-order valence-electron chi connectivity index (χ3n) is 4.03. The van der Waals surface area contributed by atoms with Crippen LogP contribution in [0, 0.1) is 5.82 Å². The number of carbonyl (C=O) groups excluding carboxylic acids is 2. The second kappa shape index (κ2) is 7.09. The van der Waals surface area contributed by atoms with Crippen LogP contribution < -0.4 is 10.2 Å².